The molecule has 0 spiro atoms. The first-order chi connectivity index (χ1) is 15.6. The molecule has 3 heterocycles. The van der Waals surface area contributed by atoms with E-state index in [-0.39, 0.29) is 29.2 Å². The lowest BCUT2D eigenvalue weighted by Gasteiger charge is -2.10. The molecule has 2 aromatic carbocycles. The van der Waals surface area contributed by atoms with Crippen LogP contribution in [-0.4, -0.2) is 46.0 Å². The number of nitrogen functional groups attached to an aromatic ring is 1. The van der Waals surface area contributed by atoms with Crippen LogP contribution in [0.5, 0.6) is 0 Å². The van der Waals surface area contributed by atoms with Gasteiger partial charge in [-0.05, 0) is 42.7 Å². The smallest absolute Gasteiger partial charge is 0.257 e. The van der Waals surface area contributed by atoms with E-state index in [2.05, 4.69) is 20.4 Å². The summed E-state index contributed by atoms with van der Waals surface area (Å²) in [5.41, 5.74) is 9.28. The molecule has 0 bridgehead atoms. The normalized spacial score (nSPS) is 16.3. The van der Waals surface area contributed by atoms with Crippen molar-refractivity contribution >= 4 is 40.1 Å². The Morgan fingerprint density at radius 1 is 1.22 bits per heavy atom. The first-order valence-corrected chi connectivity index (χ1v) is 10.4. The van der Waals surface area contributed by atoms with E-state index in [1.54, 1.807) is 12.1 Å². The van der Waals surface area contributed by atoms with Crippen molar-refractivity contribution in [2.45, 2.75) is 18.9 Å². The van der Waals surface area contributed by atoms with Crippen molar-refractivity contribution in [3.63, 3.8) is 0 Å². The number of carbonyl (C=O) groups is 1. The van der Waals surface area contributed by atoms with Gasteiger partial charge in [-0.25, -0.2) is 14.4 Å². The number of hydrogen-bond acceptors (Lipinski definition) is 6. The average molecular weight is 432 g/mol. The Bertz CT molecular complexity index is 1330. The number of rotatable bonds is 5. The van der Waals surface area contributed by atoms with E-state index < -0.39 is 0 Å². The number of para-hydroxylation sites is 2. The van der Waals surface area contributed by atoms with Crippen molar-refractivity contribution in [2.24, 2.45) is 5.10 Å². The van der Waals surface area contributed by atoms with Gasteiger partial charge in [-0.2, -0.15) is 9.78 Å². The molecule has 0 radical (unpaired) electrons. The highest BCUT2D eigenvalue weighted by Gasteiger charge is 2.25. The first-order valence-electron chi connectivity index (χ1n) is 10.4. The van der Waals surface area contributed by atoms with Crippen molar-refractivity contribution in [2.75, 3.05) is 18.9 Å². The fourth-order valence-corrected chi connectivity index (χ4v) is 3.76. The van der Waals surface area contributed by atoms with Crippen LogP contribution in [-0.2, 0) is 4.74 Å². The lowest BCUT2D eigenvalue weighted by atomic mass is 10.2. The second kappa shape index (κ2) is 8.35. The molecule has 1 aliphatic heterocycles. The molecule has 2 aromatic heterocycles. The summed E-state index contributed by atoms with van der Waals surface area (Å²) >= 11 is 0. The maximum absolute atomic E-state index is 13.2. The molecule has 8 nitrogen and oxygen atoms in total. The Morgan fingerprint density at radius 2 is 1.97 bits per heavy atom. The summed E-state index contributed by atoms with van der Waals surface area (Å²) < 4.78 is 20.2. The van der Waals surface area contributed by atoms with Crippen molar-refractivity contribution in [3.05, 3.63) is 65.5 Å². The van der Waals surface area contributed by atoms with Gasteiger partial charge < -0.3 is 15.8 Å². The molecule has 9 heteroatoms. The summed E-state index contributed by atoms with van der Waals surface area (Å²) in [5.74, 6) is -0.572. The van der Waals surface area contributed by atoms with E-state index in [9.17, 15) is 9.18 Å². The molecular weight excluding hydrogens is 411 g/mol. The third-order valence-electron chi connectivity index (χ3n) is 5.41. The van der Waals surface area contributed by atoms with Crippen LogP contribution in [0, 0.1) is 5.82 Å². The van der Waals surface area contributed by atoms with Gasteiger partial charge in [0.1, 0.15) is 22.7 Å². The van der Waals surface area contributed by atoms with Crippen LogP contribution < -0.4 is 11.1 Å². The van der Waals surface area contributed by atoms with Gasteiger partial charge in [-0.3, -0.25) is 4.79 Å². The molecule has 32 heavy (non-hydrogen) atoms. The predicted octanol–water partition coefficient (Wildman–Crippen LogP) is 3.10. The molecule has 1 amide bonds. The second-order valence-electron chi connectivity index (χ2n) is 7.60. The molecule has 3 N–H and O–H groups in total. The standard InChI is InChI=1S/C23H21FN6O2/c24-15-9-7-14(8-10-15)12-27-30-21(25)19(23(31)26-13-16-4-3-11-32-16)20-22(30)29-18-6-2-1-5-17(18)28-20/h1-2,5-10,12,16H,3-4,11,13,25H2,(H,26,31)/b27-12-/t16-/m1/s1. The van der Waals surface area contributed by atoms with Crippen molar-refractivity contribution in [3.8, 4) is 0 Å². The Balaban J connectivity index is 1.58. The number of halogens is 1. The Kier molecular flexibility index (Phi) is 5.24. The maximum atomic E-state index is 13.2. The van der Waals surface area contributed by atoms with Crippen LogP contribution in [0.25, 0.3) is 22.2 Å². The topological polar surface area (TPSA) is 107 Å². The van der Waals surface area contributed by atoms with Crippen LogP contribution in [0.2, 0.25) is 0 Å². The molecule has 1 fully saturated rings. The van der Waals surface area contributed by atoms with E-state index in [0.717, 1.165) is 12.8 Å². The fourth-order valence-electron chi connectivity index (χ4n) is 3.76. The number of fused-ring (bicyclic) bond motifs is 2. The number of anilines is 1. The molecule has 1 aliphatic rings. The van der Waals surface area contributed by atoms with Gasteiger partial charge in [-0.15, -0.1) is 0 Å². The molecule has 1 atom stereocenters. The van der Waals surface area contributed by atoms with E-state index in [4.69, 9.17) is 10.5 Å². The van der Waals surface area contributed by atoms with Gasteiger partial charge in [0, 0.05) is 13.2 Å². The summed E-state index contributed by atoms with van der Waals surface area (Å²) in [6.07, 6.45) is 3.42. The van der Waals surface area contributed by atoms with E-state index >= 15 is 0 Å². The molecular formula is C23H21FN6O2. The zero-order valence-corrected chi connectivity index (χ0v) is 17.2. The minimum absolute atomic E-state index is 0.00284. The molecule has 4 aromatic rings. The molecule has 0 aliphatic carbocycles. The van der Waals surface area contributed by atoms with E-state index in [1.165, 1.54) is 23.0 Å². The molecule has 162 valence electrons. The minimum atomic E-state index is -0.358. The summed E-state index contributed by atoms with van der Waals surface area (Å²) in [6.45, 7) is 1.10. The summed E-state index contributed by atoms with van der Waals surface area (Å²) in [7, 11) is 0. The summed E-state index contributed by atoms with van der Waals surface area (Å²) in [6, 6.07) is 13.2. The quantitative estimate of drug-likeness (QED) is 0.471. The molecule has 0 saturated carbocycles. The number of nitrogens with two attached hydrogens (primary N) is 1. The lowest BCUT2D eigenvalue weighted by molar-refractivity contribution is 0.0859. The second-order valence-corrected chi connectivity index (χ2v) is 7.60. The van der Waals surface area contributed by atoms with Gasteiger partial charge in [-0.1, -0.05) is 24.3 Å². The van der Waals surface area contributed by atoms with Gasteiger partial charge in [0.25, 0.3) is 5.91 Å². The highest BCUT2D eigenvalue weighted by molar-refractivity contribution is 6.10. The number of ether oxygens (including phenoxy) is 1. The summed E-state index contributed by atoms with van der Waals surface area (Å²) in [4.78, 5) is 22.4. The van der Waals surface area contributed by atoms with Crippen molar-refractivity contribution in [1.82, 2.24) is 20.0 Å². The zero-order valence-electron chi connectivity index (χ0n) is 17.2. The molecule has 1 saturated heterocycles. The fraction of sp³-hybridized carbons (Fsp3) is 0.217. The van der Waals surface area contributed by atoms with Gasteiger partial charge in [0.05, 0.1) is 23.4 Å². The lowest BCUT2D eigenvalue weighted by Crippen LogP contribution is -2.32. The summed E-state index contributed by atoms with van der Waals surface area (Å²) in [5, 5.41) is 7.32. The number of carbonyl (C=O) groups excluding carboxylic acids is 1. The number of hydrogen-bond donors (Lipinski definition) is 2. The monoisotopic (exact) mass is 432 g/mol. The average Bonchev–Trinajstić information content (AvgIpc) is 3.41. The van der Waals surface area contributed by atoms with Crippen LogP contribution in [0.15, 0.2) is 53.6 Å². The predicted molar refractivity (Wildman–Crippen MR) is 120 cm³/mol. The van der Waals surface area contributed by atoms with Crippen LogP contribution in [0.1, 0.15) is 28.8 Å². The highest BCUT2D eigenvalue weighted by Crippen LogP contribution is 2.28. The van der Waals surface area contributed by atoms with Crippen molar-refractivity contribution < 1.29 is 13.9 Å². The van der Waals surface area contributed by atoms with E-state index in [1.807, 2.05) is 24.3 Å². The Labute approximate surface area is 182 Å². The van der Waals surface area contributed by atoms with E-state index in [0.29, 0.717) is 40.9 Å². The van der Waals surface area contributed by atoms with Gasteiger partial charge in [0.2, 0.25) is 0 Å². The number of nitrogens with zero attached hydrogens (tertiary/aromatic N) is 4. The minimum Gasteiger partial charge on any atom is -0.383 e. The van der Waals surface area contributed by atoms with Gasteiger partial charge >= 0.3 is 0 Å². The Morgan fingerprint density at radius 3 is 2.69 bits per heavy atom. The SMILES string of the molecule is Nc1c(C(=O)NC[C@H]2CCCO2)c2nc3ccccc3nc2n1/N=C\c1ccc(F)cc1. The maximum Gasteiger partial charge on any atom is 0.257 e. The highest BCUT2D eigenvalue weighted by atomic mass is 19.1. The van der Waals surface area contributed by atoms with Crippen LogP contribution in [0.4, 0.5) is 10.2 Å². The van der Waals surface area contributed by atoms with Crippen molar-refractivity contribution in [1.29, 1.82) is 0 Å². The zero-order chi connectivity index (χ0) is 22.1. The third-order valence-corrected chi connectivity index (χ3v) is 5.41. The van der Waals surface area contributed by atoms with Crippen LogP contribution >= 0.6 is 0 Å². The first kappa shape index (κ1) is 20.1. The van der Waals surface area contributed by atoms with Gasteiger partial charge in [0.15, 0.2) is 5.65 Å². The third kappa shape index (κ3) is 3.78. The molecule has 5 rings (SSSR count). The van der Waals surface area contributed by atoms with Crippen LogP contribution in [0.3, 0.4) is 0 Å². The largest absolute Gasteiger partial charge is 0.383 e. The number of amides is 1. The number of benzene rings is 2. The number of nitrogens with one attached hydrogen (secondary N) is 1. The Hall–Kier alpha value is -3.85. The molecule has 0 unspecified atom stereocenters. The number of aromatic nitrogens is 3.